The third-order valence-corrected chi connectivity index (χ3v) is 2.57. The van der Waals surface area contributed by atoms with Crippen molar-refractivity contribution in [3.05, 3.63) is 18.2 Å². The molecule has 0 aliphatic rings. The highest BCUT2D eigenvalue weighted by Crippen LogP contribution is 2.26. The van der Waals surface area contributed by atoms with E-state index in [9.17, 15) is 15.3 Å². The maximum Gasteiger partial charge on any atom is 0.121 e. The Bertz CT molecular complexity index is 358. The van der Waals surface area contributed by atoms with E-state index in [0.29, 0.717) is 17.1 Å². The molecule has 0 amide bonds. The molecule has 0 fully saturated rings. The first-order chi connectivity index (χ1) is 8.10. The van der Waals surface area contributed by atoms with Gasteiger partial charge in [0.2, 0.25) is 0 Å². The second kappa shape index (κ2) is 5.72. The van der Waals surface area contributed by atoms with Gasteiger partial charge in [-0.15, -0.1) is 0 Å². The van der Waals surface area contributed by atoms with Crippen LogP contribution in [-0.2, 0) is 0 Å². The lowest BCUT2D eigenvalue weighted by atomic mass is 10.0. The molecule has 1 rings (SSSR count). The van der Waals surface area contributed by atoms with Gasteiger partial charge in [0.15, 0.2) is 0 Å². The van der Waals surface area contributed by atoms with Crippen LogP contribution in [0.5, 0.6) is 5.75 Å². The number of rotatable bonds is 6. The topological polar surface area (TPSA) is 108 Å². The summed E-state index contributed by atoms with van der Waals surface area (Å²) in [5.41, 5.74) is 5.51. The molecule has 0 saturated carbocycles. The molecule has 0 aliphatic heterocycles. The van der Waals surface area contributed by atoms with E-state index in [2.05, 4.69) is 5.32 Å². The first-order valence-electron chi connectivity index (χ1n) is 5.15. The number of anilines is 2. The Morgan fingerprint density at radius 1 is 1.24 bits per heavy atom. The Morgan fingerprint density at radius 2 is 1.82 bits per heavy atom. The predicted molar refractivity (Wildman–Crippen MR) is 65.0 cm³/mol. The first-order valence-corrected chi connectivity index (χ1v) is 5.15. The molecule has 17 heavy (non-hydrogen) atoms. The zero-order valence-electron chi connectivity index (χ0n) is 9.68. The number of aliphatic hydroxyl groups is 3. The van der Waals surface area contributed by atoms with Gasteiger partial charge in [-0.1, -0.05) is 0 Å². The van der Waals surface area contributed by atoms with Gasteiger partial charge in [-0.2, -0.15) is 0 Å². The number of nitrogens with one attached hydrogen (secondary N) is 1. The van der Waals surface area contributed by atoms with Crippen molar-refractivity contribution in [3.8, 4) is 5.75 Å². The maximum absolute atomic E-state index is 9.18. The van der Waals surface area contributed by atoms with E-state index in [1.165, 1.54) is 7.11 Å². The predicted octanol–water partition coefficient (Wildman–Crippen LogP) is -0.595. The summed E-state index contributed by atoms with van der Waals surface area (Å²) in [4.78, 5) is 0. The molecule has 0 unspecified atom stereocenters. The Morgan fingerprint density at radius 3 is 2.24 bits per heavy atom. The van der Waals surface area contributed by atoms with Gasteiger partial charge in [0.25, 0.3) is 0 Å². The fourth-order valence-corrected chi connectivity index (χ4v) is 1.34. The van der Waals surface area contributed by atoms with Crippen molar-refractivity contribution in [2.24, 2.45) is 0 Å². The lowest BCUT2D eigenvalue weighted by Crippen LogP contribution is -2.49. The zero-order chi connectivity index (χ0) is 12.9. The zero-order valence-corrected chi connectivity index (χ0v) is 9.68. The van der Waals surface area contributed by atoms with E-state index in [-0.39, 0.29) is 0 Å². The third-order valence-electron chi connectivity index (χ3n) is 2.57. The average Bonchev–Trinajstić information content (AvgIpc) is 2.38. The standard InChI is InChI=1S/C11H18N2O4/c1-17-8-2-3-10(9(12)4-8)13-11(5-14,6-15)7-16/h2-4,13-16H,5-7,12H2,1H3. The van der Waals surface area contributed by atoms with Crippen molar-refractivity contribution in [2.45, 2.75) is 5.54 Å². The Balaban J connectivity index is 2.94. The number of methoxy groups -OCH3 is 1. The molecule has 0 saturated heterocycles. The van der Waals surface area contributed by atoms with E-state index in [4.69, 9.17) is 10.5 Å². The molecule has 1 aromatic carbocycles. The lowest BCUT2D eigenvalue weighted by Gasteiger charge is -2.30. The SMILES string of the molecule is COc1ccc(NC(CO)(CO)CO)c(N)c1. The van der Waals surface area contributed by atoms with E-state index in [1.807, 2.05) is 0 Å². The summed E-state index contributed by atoms with van der Waals surface area (Å²) in [6.07, 6.45) is 0. The Hall–Kier alpha value is -1.50. The lowest BCUT2D eigenvalue weighted by molar-refractivity contribution is 0.0834. The molecular weight excluding hydrogens is 224 g/mol. The molecule has 0 aromatic heterocycles. The molecule has 0 atom stereocenters. The van der Waals surface area contributed by atoms with Crippen LogP contribution in [0, 0.1) is 0 Å². The number of aliphatic hydroxyl groups excluding tert-OH is 3. The van der Waals surface area contributed by atoms with Crippen LogP contribution in [0.1, 0.15) is 0 Å². The quantitative estimate of drug-likeness (QED) is 0.427. The van der Waals surface area contributed by atoms with Gasteiger partial charge in [0, 0.05) is 6.07 Å². The highest BCUT2D eigenvalue weighted by atomic mass is 16.5. The summed E-state index contributed by atoms with van der Waals surface area (Å²) in [7, 11) is 1.53. The van der Waals surface area contributed by atoms with Gasteiger partial charge in [-0.25, -0.2) is 0 Å². The summed E-state index contributed by atoms with van der Waals surface area (Å²) in [5, 5.41) is 30.4. The van der Waals surface area contributed by atoms with E-state index < -0.39 is 25.4 Å². The molecule has 0 bridgehead atoms. The van der Waals surface area contributed by atoms with Crippen molar-refractivity contribution in [2.75, 3.05) is 38.0 Å². The molecule has 6 heteroatoms. The minimum Gasteiger partial charge on any atom is -0.497 e. The number of hydrogen-bond acceptors (Lipinski definition) is 6. The van der Waals surface area contributed by atoms with Crippen LogP contribution in [0.2, 0.25) is 0 Å². The molecular formula is C11H18N2O4. The fraction of sp³-hybridized carbons (Fsp3) is 0.455. The molecule has 0 radical (unpaired) electrons. The van der Waals surface area contributed by atoms with Gasteiger partial charge in [0.1, 0.15) is 11.3 Å². The van der Waals surface area contributed by atoms with Crippen molar-refractivity contribution in [3.63, 3.8) is 0 Å². The minimum absolute atomic E-state index is 0.407. The highest BCUT2D eigenvalue weighted by Gasteiger charge is 2.28. The van der Waals surface area contributed by atoms with Gasteiger partial charge in [-0.05, 0) is 12.1 Å². The largest absolute Gasteiger partial charge is 0.497 e. The molecule has 6 N–H and O–H groups in total. The molecule has 0 spiro atoms. The van der Waals surface area contributed by atoms with Crippen LogP contribution >= 0.6 is 0 Å². The first kappa shape index (κ1) is 13.6. The second-order valence-corrected chi connectivity index (χ2v) is 3.83. The summed E-state index contributed by atoms with van der Waals surface area (Å²) < 4.78 is 5.00. The van der Waals surface area contributed by atoms with Gasteiger partial charge in [-0.3, -0.25) is 0 Å². The van der Waals surface area contributed by atoms with Crippen molar-refractivity contribution >= 4 is 11.4 Å². The summed E-state index contributed by atoms with van der Waals surface area (Å²) >= 11 is 0. The third kappa shape index (κ3) is 3.00. The average molecular weight is 242 g/mol. The monoisotopic (exact) mass is 242 g/mol. The van der Waals surface area contributed by atoms with Crippen LogP contribution in [0.25, 0.3) is 0 Å². The number of nitrogen functional groups attached to an aromatic ring is 1. The smallest absolute Gasteiger partial charge is 0.121 e. The fourth-order valence-electron chi connectivity index (χ4n) is 1.34. The van der Waals surface area contributed by atoms with Crippen molar-refractivity contribution < 1.29 is 20.1 Å². The van der Waals surface area contributed by atoms with Crippen LogP contribution < -0.4 is 15.8 Å². The number of nitrogens with two attached hydrogens (primary N) is 1. The highest BCUT2D eigenvalue weighted by molar-refractivity contribution is 5.69. The van der Waals surface area contributed by atoms with E-state index >= 15 is 0 Å². The summed E-state index contributed by atoms with van der Waals surface area (Å²) in [6.45, 7) is -1.23. The van der Waals surface area contributed by atoms with Crippen molar-refractivity contribution in [1.82, 2.24) is 0 Å². The number of hydrogen-bond donors (Lipinski definition) is 5. The normalized spacial score (nSPS) is 11.3. The van der Waals surface area contributed by atoms with Crippen molar-refractivity contribution in [1.29, 1.82) is 0 Å². The molecule has 0 aliphatic carbocycles. The van der Waals surface area contributed by atoms with Gasteiger partial charge in [0.05, 0.1) is 38.3 Å². The number of ether oxygens (including phenoxy) is 1. The summed E-state index contributed by atoms with van der Waals surface area (Å²) in [6, 6.07) is 4.96. The Kier molecular flexibility index (Phi) is 4.56. The molecule has 1 aromatic rings. The second-order valence-electron chi connectivity index (χ2n) is 3.83. The molecule has 6 nitrogen and oxygen atoms in total. The van der Waals surface area contributed by atoms with Gasteiger partial charge < -0.3 is 31.1 Å². The van der Waals surface area contributed by atoms with Crippen LogP contribution in [-0.4, -0.2) is 47.8 Å². The minimum atomic E-state index is -1.19. The molecule has 96 valence electrons. The van der Waals surface area contributed by atoms with Crippen LogP contribution in [0.15, 0.2) is 18.2 Å². The van der Waals surface area contributed by atoms with Gasteiger partial charge >= 0.3 is 0 Å². The Labute approximate surface area is 99.6 Å². The van der Waals surface area contributed by atoms with Crippen LogP contribution in [0.4, 0.5) is 11.4 Å². The summed E-state index contributed by atoms with van der Waals surface area (Å²) in [5.74, 6) is 0.607. The maximum atomic E-state index is 9.18. The van der Waals surface area contributed by atoms with Crippen LogP contribution in [0.3, 0.4) is 0 Å². The van der Waals surface area contributed by atoms with E-state index in [1.54, 1.807) is 18.2 Å². The van der Waals surface area contributed by atoms with E-state index in [0.717, 1.165) is 0 Å². The number of benzene rings is 1. The molecule has 0 heterocycles.